The van der Waals surface area contributed by atoms with E-state index in [2.05, 4.69) is 15.0 Å². The van der Waals surface area contributed by atoms with Gasteiger partial charge in [-0.15, -0.1) is 0 Å². The normalized spacial score (nSPS) is 9.31. The van der Waals surface area contributed by atoms with Crippen LogP contribution in [0.2, 0.25) is 0 Å². The van der Waals surface area contributed by atoms with Crippen LogP contribution in [0.25, 0.3) is 10.4 Å². The molecule has 1 aromatic heterocycles. The van der Waals surface area contributed by atoms with Crippen LogP contribution in [0, 0.1) is 6.92 Å². The Morgan fingerprint density at radius 3 is 3.15 bits per heavy atom. The summed E-state index contributed by atoms with van der Waals surface area (Å²) in [6.07, 6.45) is 1.45. The molecule has 0 fully saturated rings. The Kier molecular flexibility index (Phi) is 3.05. The number of nitrogens with zero attached hydrogens (tertiary/aromatic N) is 5. The Hall–Kier alpha value is -1.81. The average molecular weight is 179 g/mol. The molecule has 1 rings (SSSR count). The van der Waals surface area contributed by atoms with Crippen molar-refractivity contribution in [1.29, 1.82) is 0 Å². The average Bonchev–Trinajstić information content (AvgIpc) is 2.09. The van der Waals surface area contributed by atoms with Gasteiger partial charge in [-0.1, -0.05) is 5.11 Å². The van der Waals surface area contributed by atoms with Gasteiger partial charge in [0, 0.05) is 29.8 Å². The molecule has 1 heterocycles. The zero-order valence-electron chi connectivity index (χ0n) is 7.21. The zero-order valence-corrected chi connectivity index (χ0v) is 7.21. The molecule has 0 radical (unpaired) electrons. The van der Waals surface area contributed by atoms with Gasteiger partial charge in [-0.3, -0.25) is 9.36 Å². The van der Waals surface area contributed by atoms with Gasteiger partial charge in [0.2, 0.25) is 0 Å². The van der Waals surface area contributed by atoms with Gasteiger partial charge in [0.1, 0.15) is 0 Å². The highest BCUT2D eigenvalue weighted by Gasteiger charge is 1.94. The van der Waals surface area contributed by atoms with Gasteiger partial charge in [0.15, 0.2) is 0 Å². The fourth-order valence-corrected chi connectivity index (χ4v) is 0.882. The molecule has 0 amide bonds. The molecule has 68 valence electrons. The Morgan fingerprint density at radius 1 is 1.77 bits per heavy atom. The van der Waals surface area contributed by atoms with Crippen LogP contribution in [0.4, 0.5) is 0 Å². The molecular weight excluding hydrogens is 170 g/mol. The van der Waals surface area contributed by atoms with Crippen LogP contribution < -0.4 is 5.56 Å². The van der Waals surface area contributed by atoms with Crippen LogP contribution in [-0.2, 0) is 6.54 Å². The van der Waals surface area contributed by atoms with Crippen molar-refractivity contribution in [1.82, 2.24) is 9.55 Å². The van der Waals surface area contributed by atoms with Crippen molar-refractivity contribution in [2.75, 3.05) is 6.54 Å². The van der Waals surface area contributed by atoms with E-state index in [0.29, 0.717) is 12.2 Å². The van der Waals surface area contributed by atoms with Crippen LogP contribution in [0.1, 0.15) is 5.69 Å². The second-order valence-corrected chi connectivity index (χ2v) is 2.52. The summed E-state index contributed by atoms with van der Waals surface area (Å²) in [5.41, 5.74) is 8.57. The SMILES string of the molecule is Cc1cc(=O)n(CCN=[N+]=[N-])cn1. The van der Waals surface area contributed by atoms with Gasteiger partial charge in [-0.05, 0) is 12.5 Å². The van der Waals surface area contributed by atoms with Crippen molar-refractivity contribution in [2.24, 2.45) is 5.11 Å². The summed E-state index contributed by atoms with van der Waals surface area (Å²) >= 11 is 0. The first-order valence-electron chi connectivity index (χ1n) is 3.78. The second-order valence-electron chi connectivity index (χ2n) is 2.52. The van der Waals surface area contributed by atoms with Gasteiger partial charge in [0.25, 0.3) is 5.56 Å². The van der Waals surface area contributed by atoms with Crippen LogP contribution >= 0.6 is 0 Å². The van der Waals surface area contributed by atoms with Crippen LogP contribution in [0.15, 0.2) is 22.3 Å². The minimum Gasteiger partial charge on any atom is -0.299 e. The molecule has 0 spiro atoms. The second kappa shape index (κ2) is 4.27. The molecule has 0 N–H and O–H groups in total. The van der Waals surface area contributed by atoms with Crippen molar-refractivity contribution < 1.29 is 0 Å². The summed E-state index contributed by atoms with van der Waals surface area (Å²) in [5.74, 6) is 0. The minimum atomic E-state index is -0.124. The Morgan fingerprint density at radius 2 is 2.54 bits per heavy atom. The third-order valence-electron chi connectivity index (χ3n) is 1.52. The molecule has 6 nitrogen and oxygen atoms in total. The molecule has 0 unspecified atom stereocenters. The van der Waals surface area contributed by atoms with E-state index in [4.69, 9.17) is 5.53 Å². The monoisotopic (exact) mass is 179 g/mol. The van der Waals surface area contributed by atoms with Crippen LogP contribution in [0.5, 0.6) is 0 Å². The standard InChI is InChI=1S/C7H9N5O/c1-6-4-7(13)12(5-9-6)3-2-10-11-8/h4-5H,2-3H2,1H3. The van der Waals surface area contributed by atoms with E-state index in [-0.39, 0.29) is 12.1 Å². The van der Waals surface area contributed by atoms with Crippen molar-refractivity contribution >= 4 is 0 Å². The van der Waals surface area contributed by atoms with Crippen molar-refractivity contribution in [3.63, 3.8) is 0 Å². The van der Waals surface area contributed by atoms with Gasteiger partial charge in [0.05, 0.1) is 6.33 Å². The fraction of sp³-hybridized carbons (Fsp3) is 0.429. The van der Waals surface area contributed by atoms with Crippen molar-refractivity contribution in [2.45, 2.75) is 13.5 Å². The van der Waals surface area contributed by atoms with E-state index in [9.17, 15) is 4.79 Å². The third-order valence-corrected chi connectivity index (χ3v) is 1.52. The van der Waals surface area contributed by atoms with E-state index in [1.165, 1.54) is 17.0 Å². The maximum atomic E-state index is 11.2. The molecular formula is C7H9N5O. The number of rotatable bonds is 3. The number of hydrogen-bond acceptors (Lipinski definition) is 3. The lowest BCUT2D eigenvalue weighted by Gasteiger charge is -2.00. The molecule has 0 saturated carbocycles. The molecule has 0 aliphatic rings. The van der Waals surface area contributed by atoms with E-state index in [1.54, 1.807) is 6.92 Å². The van der Waals surface area contributed by atoms with Crippen molar-refractivity contribution in [3.05, 3.63) is 38.9 Å². The third kappa shape index (κ3) is 2.61. The van der Waals surface area contributed by atoms with E-state index < -0.39 is 0 Å². The minimum absolute atomic E-state index is 0.124. The maximum Gasteiger partial charge on any atom is 0.253 e. The molecule has 13 heavy (non-hydrogen) atoms. The molecule has 0 saturated heterocycles. The summed E-state index contributed by atoms with van der Waals surface area (Å²) in [5, 5.41) is 3.32. The predicted molar refractivity (Wildman–Crippen MR) is 47.2 cm³/mol. The molecule has 0 aromatic carbocycles. The van der Waals surface area contributed by atoms with Gasteiger partial charge >= 0.3 is 0 Å². The van der Waals surface area contributed by atoms with Gasteiger partial charge < -0.3 is 0 Å². The topological polar surface area (TPSA) is 83.7 Å². The quantitative estimate of drug-likeness (QED) is 0.391. The van der Waals surface area contributed by atoms with E-state index >= 15 is 0 Å². The highest BCUT2D eigenvalue weighted by molar-refractivity contribution is 4.95. The first kappa shape index (κ1) is 9.28. The predicted octanol–water partition coefficient (Wildman–Crippen LogP) is 0.862. The summed E-state index contributed by atoms with van der Waals surface area (Å²) < 4.78 is 1.40. The summed E-state index contributed by atoms with van der Waals surface area (Å²) in [7, 11) is 0. The van der Waals surface area contributed by atoms with E-state index in [1.807, 2.05) is 0 Å². The number of hydrogen-bond donors (Lipinski definition) is 0. The van der Waals surface area contributed by atoms with Crippen molar-refractivity contribution in [3.8, 4) is 0 Å². The van der Waals surface area contributed by atoms with E-state index in [0.717, 1.165) is 0 Å². The first-order valence-corrected chi connectivity index (χ1v) is 3.78. The highest BCUT2D eigenvalue weighted by Crippen LogP contribution is 1.85. The lowest BCUT2D eigenvalue weighted by atomic mass is 10.4. The first-order chi connectivity index (χ1) is 6.24. The number of azide groups is 1. The maximum absolute atomic E-state index is 11.2. The Balaban J connectivity index is 2.78. The number of aryl methyl sites for hydroxylation is 1. The molecule has 0 bridgehead atoms. The van der Waals surface area contributed by atoms with Gasteiger partial charge in [-0.25, -0.2) is 4.98 Å². The zero-order chi connectivity index (χ0) is 9.68. The van der Waals surface area contributed by atoms with Crippen LogP contribution in [-0.4, -0.2) is 16.1 Å². The number of aromatic nitrogens is 2. The smallest absolute Gasteiger partial charge is 0.253 e. The molecule has 1 aromatic rings. The largest absolute Gasteiger partial charge is 0.299 e. The van der Waals surface area contributed by atoms with Gasteiger partial charge in [-0.2, -0.15) is 0 Å². The Labute approximate surface area is 74.5 Å². The molecule has 0 aliphatic carbocycles. The fourth-order valence-electron chi connectivity index (χ4n) is 0.882. The lowest BCUT2D eigenvalue weighted by molar-refractivity contribution is 0.660. The Bertz CT molecular complexity index is 390. The molecule has 0 aliphatic heterocycles. The highest BCUT2D eigenvalue weighted by atomic mass is 16.1. The summed E-state index contributed by atoms with van der Waals surface area (Å²) in [6.45, 7) is 2.39. The lowest BCUT2D eigenvalue weighted by Crippen LogP contribution is -2.21. The summed E-state index contributed by atoms with van der Waals surface area (Å²) in [6, 6.07) is 1.44. The van der Waals surface area contributed by atoms with Crippen LogP contribution in [0.3, 0.4) is 0 Å². The summed E-state index contributed by atoms with van der Waals surface area (Å²) in [4.78, 5) is 17.8. The molecule has 0 atom stereocenters. The molecule has 6 heteroatoms.